The van der Waals surface area contributed by atoms with Gasteiger partial charge in [0, 0.05) is 6.54 Å². The van der Waals surface area contributed by atoms with Crippen molar-refractivity contribution in [1.29, 1.82) is 5.26 Å². The van der Waals surface area contributed by atoms with Crippen molar-refractivity contribution in [1.82, 2.24) is 0 Å². The number of aryl methyl sites for hydroxylation is 1. The first kappa shape index (κ1) is 13.2. The predicted octanol–water partition coefficient (Wildman–Crippen LogP) is 2.76. The molecule has 0 bridgehead atoms. The maximum absolute atomic E-state index is 12.7. The zero-order valence-corrected chi connectivity index (χ0v) is 12.2. The highest BCUT2D eigenvalue weighted by Gasteiger charge is 2.29. The number of benzene rings is 1. The van der Waals surface area contributed by atoms with Crippen molar-refractivity contribution in [3.8, 4) is 6.07 Å². The third-order valence-corrected chi connectivity index (χ3v) is 6.57. The minimum absolute atomic E-state index is 0.228. The van der Waals surface area contributed by atoms with Gasteiger partial charge in [-0.3, -0.25) is 4.31 Å². The molecule has 2 aromatic rings. The quantitative estimate of drug-likeness (QED) is 0.857. The van der Waals surface area contributed by atoms with Crippen molar-refractivity contribution in [3.05, 3.63) is 46.8 Å². The second-order valence-corrected chi connectivity index (χ2v) is 7.71. The molecule has 0 amide bonds. The highest BCUT2D eigenvalue weighted by atomic mass is 32.2. The van der Waals surface area contributed by atoms with E-state index in [9.17, 15) is 8.42 Å². The molecular formula is C14H12N2O2S2. The van der Waals surface area contributed by atoms with Crippen LogP contribution < -0.4 is 4.31 Å². The lowest BCUT2D eigenvalue weighted by Crippen LogP contribution is -2.35. The summed E-state index contributed by atoms with van der Waals surface area (Å²) in [6.45, 7) is 0.485. The first-order valence-corrected chi connectivity index (χ1v) is 8.49. The number of nitrogens with zero attached hydrogens (tertiary/aromatic N) is 2. The van der Waals surface area contributed by atoms with Gasteiger partial charge < -0.3 is 0 Å². The number of sulfonamides is 1. The summed E-state index contributed by atoms with van der Waals surface area (Å²) in [6.07, 6.45) is 1.71. The lowest BCUT2D eigenvalue weighted by atomic mass is 10.0. The number of rotatable bonds is 2. The summed E-state index contributed by atoms with van der Waals surface area (Å²) < 4.78 is 27.1. The van der Waals surface area contributed by atoms with Gasteiger partial charge in [-0.1, -0.05) is 18.2 Å². The van der Waals surface area contributed by atoms with Gasteiger partial charge in [0.05, 0.1) is 5.69 Å². The van der Waals surface area contributed by atoms with Crippen LogP contribution in [0.4, 0.5) is 5.69 Å². The Hall–Kier alpha value is -1.84. The van der Waals surface area contributed by atoms with Gasteiger partial charge in [-0.05, 0) is 36.6 Å². The second kappa shape index (κ2) is 4.93. The summed E-state index contributed by atoms with van der Waals surface area (Å²) in [7, 11) is -3.56. The zero-order chi connectivity index (χ0) is 14.2. The molecular weight excluding hydrogens is 292 g/mol. The summed E-state index contributed by atoms with van der Waals surface area (Å²) in [5, 5.41) is 8.84. The maximum Gasteiger partial charge on any atom is 0.273 e. The van der Waals surface area contributed by atoms with E-state index in [0.29, 0.717) is 11.4 Å². The Morgan fingerprint density at radius 2 is 2.00 bits per heavy atom. The van der Waals surface area contributed by atoms with Gasteiger partial charge in [0.2, 0.25) is 0 Å². The predicted molar refractivity (Wildman–Crippen MR) is 78.3 cm³/mol. The minimum atomic E-state index is -3.56. The molecule has 1 aliphatic rings. The highest BCUT2D eigenvalue weighted by molar-refractivity contribution is 7.94. The van der Waals surface area contributed by atoms with Crippen LogP contribution in [0, 0.1) is 11.3 Å². The van der Waals surface area contributed by atoms with E-state index in [1.54, 1.807) is 6.07 Å². The Bertz CT molecular complexity index is 788. The maximum atomic E-state index is 12.7. The summed E-state index contributed by atoms with van der Waals surface area (Å²) >= 11 is 1.02. The number of para-hydroxylation sites is 1. The van der Waals surface area contributed by atoms with E-state index in [4.69, 9.17) is 5.26 Å². The van der Waals surface area contributed by atoms with Crippen molar-refractivity contribution >= 4 is 27.0 Å². The molecule has 1 aromatic carbocycles. The first-order valence-electron chi connectivity index (χ1n) is 6.23. The minimum Gasteiger partial charge on any atom is -0.265 e. The number of thiophene rings is 1. The van der Waals surface area contributed by atoms with Crippen molar-refractivity contribution in [2.75, 3.05) is 10.8 Å². The van der Waals surface area contributed by atoms with Crippen molar-refractivity contribution < 1.29 is 8.42 Å². The molecule has 0 saturated carbocycles. The molecule has 2 heterocycles. The van der Waals surface area contributed by atoms with E-state index in [0.717, 1.165) is 35.4 Å². The molecule has 0 N–H and O–H groups in total. The Morgan fingerprint density at radius 1 is 1.20 bits per heavy atom. The average Bonchev–Trinajstić information content (AvgIpc) is 2.96. The van der Waals surface area contributed by atoms with Crippen LogP contribution in [-0.4, -0.2) is 15.0 Å². The fourth-order valence-electron chi connectivity index (χ4n) is 2.38. The lowest BCUT2D eigenvalue weighted by Gasteiger charge is -2.29. The number of hydrogen-bond acceptors (Lipinski definition) is 4. The molecule has 0 atom stereocenters. The molecule has 102 valence electrons. The van der Waals surface area contributed by atoms with Gasteiger partial charge in [-0.15, -0.1) is 11.3 Å². The lowest BCUT2D eigenvalue weighted by molar-refractivity contribution is 0.588. The van der Waals surface area contributed by atoms with Crippen LogP contribution in [0.2, 0.25) is 0 Å². The molecule has 20 heavy (non-hydrogen) atoms. The van der Waals surface area contributed by atoms with Crippen LogP contribution in [0.1, 0.15) is 16.9 Å². The van der Waals surface area contributed by atoms with E-state index < -0.39 is 10.0 Å². The van der Waals surface area contributed by atoms with Gasteiger partial charge in [-0.2, -0.15) is 5.26 Å². The van der Waals surface area contributed by atoms with Crippen molar-refractivity contribution in [2.45, 2.75) is 17.1 Å². The van der Waals surface area contributed by atoms with Gasteiger partial charge in [0.1, 0.15) is 15.2 Å². The van der Waals surface area contributed by atoms with Gasteiger partial charge in [0.15, 0.2) is 0 Å². The molecule has 0 aliphatic carbocycles. The van der Waals surface area contributed by atoms with Crippen LogP contribution in [-0.2, 0) is 16.4 Å². The molecule has 0 spiro atoms. The van der Waals surface area contributed by atoms with Gasteiger partial charge >= 0.3 is 0 Å². The van der Waals surface area contributed by atoms with E-state index >= 15 is 0 Å². The second-order valence-electron chi connectivity index (χ2n) is 4.54. The van der Waals surface area contributed by atoms with Crippen LogP contribution in [0.3, 0.4) is 0 Å². The Kier molecular flexibility index (Phi) is 3.24. The zero-order valence-electron chi connectivity index (χ0n) is 10.6. The summed E-state index contributed by atoms with van der Waals surface area (Å²) in [5.41, 5.74) is 1.81. The highest BCUT2D eigenvalue weighted by Crippen LogP contribution is 2.33. The molecule has 3 rings (SSSR count). The third kappa shape index (κ3) is 2.09. The number of anilines is 1. The van der Waals surface area contributed by atoms with Gasteiger partial charge in [0.25, 0.3) is 10.0 Å². The third-order valence-electron chi connectivity index (χ3n) is 3.30. The molecule has 1 aliphatic heterocycles. The van der Waals surface area contributed by atoms with Crippen LogP contribution in [0.25, 0.3) is 0 Å². The standard InChI is InChI=1S/C14H12N2O2S2/c15-10-12-7-8-14(19-12)20(17,18)16-9-3-5-11-4-1-2-6-13(11)16/h1-2,4,6-8H,3,5,9H2. The Labute approximate surface area is 121 Å². The smallest absolute Gasteiger partial charge is 0.265 e. The van der Waals surface area contributed by atoms with Gasteiger partial charge in [-0.25, -0.2) is 8.42 Å². The monoisotopic (exact) mass is 304 g/mol. The van der Waals surface area contributed by atoms with E-state index in [-0.39, 0.29) is 4.21 Å². The van der Waals surface area contributed by atoms with E-state index in [1.807, 2.05) is 30.3 Å². The van der Waals surface area contributed by atoms with E-state index in [2.05, 4.69) is 0 Å². The molecule has 6 heteroatoms. The summed E-state index contributed by atoms with van der Waals surface area (Å²) in [5.74, 6) is 0. The number of nitriles is 1. The van der Waals surface area contributed by atoms with Crippen molar-refractivity contribution in [3.63, 3.8) is 0 Å². The molecule has 4 nitrogen and oxygen atoms in total. The SMILES string of the molecule is N#Cc1ccc(S(=O)(=O)N2CCCc3ccccc32)s1. The topological polar surface area (TPSA) is 61.2 Å². The fraction of sp³-hybridized carbons (Fsp3) is 0.214. The van der Waals surface area contributed by atoms with E-state index in [1.165, 1.54) is 10.4 Å². The molecule has 0 saturated heterocycles. The van der Waals surface area contributed by atoms with Crippen LogP contribution in [0.5, 0.6) is 0 Å². The normalized spacial score (nSPS) is 14.7. The first-order chi connectivity index (χ1) is 9.63. The van der Waals surface area contributed by atoms with Crippen molar-refractivity contribution in [2.24, 2.45) is 0 Å². The van der Waals surface area contributed by atoms with Crippen LogP contribution >= 0.6 is 11.3 Å². The fourth-order valence-corrected chi connectivity index (χ4v) is 5.14. The number of fused-ring (bicyclic) bond motifs is 1. The van der Waals surface area contributed by atoms with Crippen LogP contribution in [0.15, 0.2) is 40.6 Å². The molecule has 0 radical (unpaired) electrons. The number of hydrogen-bond donors (Lipinski definition) is 0. The summed E-state index contributed by atoms with van der Waals surface area (Å²) in [6, 6.07) is 12.6. The largest absolute Gasteiger partial charge is 0.273 e. The molecule has 1 aromatic heterocycles. The Morgan fingerprint density at radius 3 is 2.75 bits per heavy atom. The molecule has 0 unspecified atom stereocenters. The summed E-state index contributed by atoms with van der Waals surface area (Å²) in [4.78, 5) is 0.411. The Balaban J connectivity index is 2.07. The average molecular weight is 304 g/mol. The molecule has 0 fully saturated rings.